The smallest absolute Gasteiger partial charge is 0.274 e. The topological polar surface area (TPSA) is 73.3 Å². The van der Waals surface area contributed by atoms with Gasteiger partial charge in [0.1, 0.15) is 5.75 Å². The number of benzene rings is 2. The minimum atomic E-state index is -0.226. The van der Waals surface area contributed by atoms with Gasteiger partial charge in [0.05, 0.1) is 34.7 Å². The van der Waals surface area contributed by atoms with Gasteiger partial charge in [0.15, 0.2) is 5.13 Å². The molecule has 4 rings (SSSR count). The lowest BCUT2D eigenvalue weighted by molar-refractivity contribution is 0.102. The van der Waals surface area contributed by atoms with E-state index in [-0.39, 0.29) is 5.91 Å². The number of carbonyl (C=O) groups is 1. The molecule has 0 fully saturated rings. The molecule has 4 aromatic rings. The molecule has 0 bridgehead atoms. The van der Waals surface area contributed by atoms with Crippen molar-refractivity contribution in [2.75, 3.05) is 19.5 Å². The summed E-state index contributed by atoms with van der Waals surface area (Å²) in [6.07, 6.45) is 0. The van der Waals surface area contributed by atoms with E-state index in [1.54, 1.807) is 38.5 Å². The number of hydrogen-bond acceptors (Lipinski definition) is 7. The van der Waals surface area contributed by atoms with Gasteiger partial charge < -0.3 is 9.47 Å². The number of carbonyl (C=O) groups excluding carboxylic acids is 1. The predicted octanol–water partition coefficient (Wildman–Crippen LogP) is 4.18. The van der Waals surface area contributed by atoms with Crippen molar-refractivity contribution in [1.82, 2.24) is 9.97 Å². The van der Waals surface area contributed by atoms with E-state index in [2.05, 4.69) is 15.3 Å². The lowest BCUT2D eigenvalue weighted by Crippen LogP contribution is -2.11. The summed E-state index contributed by atoms with van der Waals surface area (Å²) in [4.78, 5) is 21.3. The highest BCUT2D eigenvalue weighted by atomic mass is 32.1. The monoisotopic (exact) mass is 371 g/mol. The van der Waals surface area contributed by atoms with E-state index >= 15 is 0 Å². The molecular weight excluding hydrogens is 358 g/mol. The molecule has 0 aliphatic rings. The van der Waals surface area contributed by atoms with Gasteiger partial charge in [-0.3, -0.25) is 10.1 Å². The van der Waals surface area contributed by atoms with E-state index in [4.69, 9.17) is 9.47 Å². The molecule has 0 spiro atoms. The Kier molecular flexibility index (Phi) is 3.98. The summed E-state index contributed by atoms with van der Waals surface area (Å²) in [6, 6.07) is 10.8. The molecule has 25 heavy (non-hydrogen) atoms. The van der Waals surface area contributed by atoms with Crippen molar-refractivity contribution in [2.45, 2.75) is 0 Å². The van der Waals surface area contributed by atoms with Crippen LogP contribution >= 0.6 is 22.7 Å². The molecular formula is C17H13N3O3S2. The van der Waals surface area contributed by atoms with Gasteiger partial charge in [0.2, 0.25) is 0 Å². The molecule has 0 aliphatic carbocycles. The molecule has 1 amide bonds. The zero-order valence-electron chi connectivity index (χ0n) is 13.4. The third kappa shape index (κ3) is 2.90. The van der Waals surface area contributed by atoms with E-state index in [0.29, 0.717) is 21.6 Å². The summed E-state index contributed by atoms with van der Waals surface area (Å²) in [7, 11) is 3.17. The number of hydrogen-bond donors (Lipinski definition) is 1. The second-order valence-corrected chi connectivity index (χ2v) is 7.11. The lowest BCUT2D eigenvalue weighted by atomic mass is 10.2. The van der Waals surface area contributed by atoms with Crippen molar-refractivity contribution in [1.29, 1.82) is 0 Å². The maximum atomic E-state index is 12.4. The third-order valence-corrected chi connectivity index (χ3v) is 5.80. The van der Waals surface area contributed by atoms with Gasteiger partial charge in [0.25, 0.3) is 11.1 Å². The molecule has 2 aromatic carbocycles. The highest BCUT2D eigenvalue weighted by molar-refractivity contribution is 7.29. The molecule has 126 valence electrons. The molecule has 0 radical (unpaired) electrons. The van der Waals surface area contributed by atoms with Crippen molar-refractivity contribution >= 4 is 54.1 Å². The fraction of sp³-hybridized carbons (Fsp3) is 0.118. The first-order chi connectivity index (χ1) is 12.2. The van der Waals surface area contributed by atoms with Crippen LogP contribution in [-0.4, -0.2) is 30.1 Å². The highest BCUT2D eigenvalue weighted by Gasteiger charge is 2.14. The van der Waals surface area contributed by atoms with E-state index in [1.807, 2.05) is 12.1 Å². The minimum absolute atomic E-state index is 0.226. The van der Waals surface area contributed by atoms with E-state index in [9.17, 15) is 4.79 Å². The van der Waals surface area contributed by atoms with Crippen LogP contribution < -0.4 is 14.8 Å². The van der Waals surface area contributed by atoms with Gasteiger partial charge in [-0.25, -0.2) is 9.97 Å². The SMILES string of the molecule is COc1cccc(C(=O)Nc2nc3ccc4nc(OC)sc4c3s2)c1. The van der Waals surface area contributed by atoms with E-state index in [1.165, 1.54) is 22.7 Å². The molecule has 2 aromatic heterocycles. The molecule has 0 saturated heterocycles. The number of nitrogens with zero attached hydrogens (tertiary/aromatic N) is 2. The van der Waals surface area contributed by atoms with Crippen molar-refractivity contribution in [3.63, 3.8) is 0 Å². The van der Waals surface area contributed by atoms with Crippen LogP contribution in [0.4, 0.5) is 5.13 Å². The molecule has 8 heteroatoms. The first-order valence-electron chi connectivity index (χ1n) is 7.37. The van der Waals surface area contributed by atoms with Gasteiger partial charge >= 0.3 is 0 Å². The second kappa shape index (κ2) is 6.30. The Morgan fingerprint density at radius 1 is 1.00 bits per heavy atom. The molecule has 2 heterocycles. The number of nitrogens with one attached hydrogen (secondary N) is 1. The Morgan fingerprint density at radius 2 is 1.76 bits per heavy atom. The summed E-state index contributed by atoms with van der Waals surface area (Å²) < 4.78 is 12.4. The maximum absolute atomic E-state index is 12.4. The van der Waals surface area contributed by atoms with Gasteiger partial charge in [0, 0.05) is 5.56 Å². The van der Waals surface area contributed by atoms with Crippen LogP contribution in [-0.2, 0) is 0 Å². The number of ether oxygens (including phenoxy) is 2. The van der Waals surface area contributed by atoms with Gasteiger partial charge in [-0.2, -0.15) is 0 Å². The largest absolute Gasteiger partial charge is 0.497 e. The van der Waals surface area contributed by atoms with Crippen LogP contribution in [0.5, 0.6) is 10.9 Å². The summed E-state index contributed by atoms with van der Waals surface area (Å²) in [5.74, 6) is 0.409. The van der Waals surface area contributed by atoms with Gasteiger partial charge in [-0.15, -0.1) is 0 Å². The highest BCUT2D eigenvalue weighted by Crippen LogP contribution is 2.38. The van der Waals surface area contributed by atoms with Crippen molar-refractivity contribution in [3.05, 3.63) is 42.0 Å². The fourth-order valence-electron chi connectivity index (χ4n) is 2.43. The van der Waals surface area contributed by atoms with Gasteiger partial charge in [-0.1, -0.05) is 28.7 Å². The van der Waals surface area contributed by atoms with Crippen LogP contribution in [0.1, 0.15) is 10.4 Å². The summed E-state index contributed by atoms with van der Waals surface area (Å²) in [5.41, 5.74) is 2.21. The van der Waals surface area contributed by atoms with Crippen molar-refractivity contribution < 1.29 is 14.3 Å². The normalized spacial score (nSPS) is 11.0. The standard InChI is InChI=1S/C17H13N3O3S2/c1-22-10-5-3-4-9(8-10)15(21)20-16-18-11-6-7-12-14(13(11)24-16)25-17(19-12)23-2/h3-8H,1-2H3,(H,18,20,21). The van der Waals surface area contributed by atoms with E-state index < -0.39 is 0 Å². The number of thiazole rings is 2. The Hall–Kier alpha value is -2.71. The Morgan fingerprint density at radius 3 is 2.52 bits per heavy atom. The second-order valence-electron chi connectivity index (χ2n) is 5.15. The van der Waals surface area contributed by atoms with Crippen LogP contribution in [0.2, 0.25) is 0 Å². The molecule has 0 unspecified atom stereocenters. The Labute approximate surface area is 151 Å². The zero-order chi connectivity index (χ0) is 17.4. The van der Waals surface area contributed by atoms with Gasteiger partial charge in [-0.05, 0) is 30.3 Å². The Bertz CT molecular complexity index is 1090. The lowest BCUT2D eigenvalue weighted by Gasteiger charge is -2.03. The summed E-state index contributed by atoms with van der Waals surface area (Å²) in [5, 5.41) is 4.00. The summed E-state index contributed by atoms with van der Waals surface area (Å²) >= 11 is 2.89. The first kappa shape index (κ1) is 15.8. The average Bonchev–Trinajstić information content (AvgIpc) is 3.24. The number of methoxy groups -OCH3 is 2. The van der Waals surface area contributed by atoms with Crippen molar-refractivity contribution in [3.8, 4) is 10.9 Å². The minimum Gasteiger partial charge on any atom is -0.497 e. The zero-order valence-corrected chi connectivity index (χ0v) is 15.0. The molecule has 0 atom stereocenters. The quantitative estimate of drug-likeness (QED) is 0.583. The van der Waals surface area contributed by atoms with Crippen LogP contribution in [0.15, 0.2) is 36.4 Å². The molecule has 0 aliphatic heterocycles. The van der Waals surface area contributed by atoms with E-state index in [0.717, 1.165) is 20.4 Å². The van der Waals surface area contributed by atoms with Crippen molar-refractivity contribution in [2.24, 2.45) is 0 Å². The number of rotatable bonds is 4. The molecule has 1 N–H and O–H groups in total. The predicted molar refractivity (Wildman–Crippen MR) is 100 cm³/mol. The first-order valence-corrected chi connectivity index (χ1v) is 9.00. The number of amides is 1. The molecule has 0 saturated carbocycles. The number of aromatic nitrogens is 2. The third-order valence-electron chi connectivity index (χ3n) is 3.62. The average molecular weight is 371 g/mol. The number of fused-ring (bicyclic) bond motifs is 3. The fourth-order valence-corrected chi connectivity index (χ4v) is 4.39. The molecule has 6 nitrogen and oxygen atoms in total. The number of anilines is 1. The Balaban J connectivity index is 1.68. The van der Waals surface area contributed by atoms with Crippen LogP contribution in [0.3, 0.4) is 0 Å². The van der Waals surface area contributed by atoms with Crippen LogP contribution in [0, 0.1) is 0 Å². The summed E-state index contributed by atoms with van der Waals surface area (Å²) in [6.45, 7) is 0. The maximum Gasteiger partial charge on any atom is 0.274 e. The van der Waals surface area contributed by atoms with Crippen LogP contribution in [0.25, 0.3) is 20.4 Å².